The highest BCUT2D eigenvalue weighted by Gasteiger charge is 2.31. The molecule has 16 heavy (non-hydrogen) atoms. The third-order valence-electron chi connectivity index (χ3n) is 2.38. The van der Waals surface area contributed by atoms with E-state index >= 15 is 0 Å². The minimum atomic E-state index is -2.40. The number of ketones is 1. The average molecular weight is 246 g/mol. The predicted octanol–water partition coefficient (Wildman–Crippen LogP) is 2.18. The summed E-state index contributed by atoms with van der Waals surface area (Å²) in [6, 6.07) is 0. The molecule has 0 saturated heterocycles. The minimum absolute atomic E-state index is 0.124. The molecule has 0 saturated carbocycles. The van der Waals surface area contributed by atoms with Crippen LogP contribution in [0.2, 0.25) is 6.55 Å². The van der Waals surface area contributed by atoms with Crippen molar-refractivity contribution < 1.29 is 18.1 Å². The molecule has 0 bridgehead atoms. The van der Waals surface area contributed by atoms with Crippen LogP contribution in [-0.4, -0.2) is 35.4 Å². The quantitative estimate of drug-likeness (QED) is 0.355. The van der Waals surface area contributed by atoms with Gasteiger partial charge in [0.05, 0.1) is 0 Å². The third-order valence-corrected chi connectivity index (χ3v) is 4.59. The molecule has 0 rings (SSSR count). The standard InChI is InChI=1S/C11H22O4Si/c1-10(2)11(12)8-6-7-9-15-16(5,13-3)14-4/h1,6-9H2,2-5H3. The number of hydrogen-bond acceptors (Lipinski definition) is 4. The van der Waals surface area contributed by atoms with E-state index in [1.54, 1.807) is 21.1 Å². The summed E-state index contributed by atoms with van der Waals surface area (Å²) in [6.45, 7) is 7.74. The predicted molar refractivity (Wildman–Crippen MR) is 65.3 cm³/mol. The summed E-state index contributed by atoms with van der Waals surface area (Å²) in [7, 11) is 0.768. The van der Waals surface area contributed by atoms with Crippen molar-refractivity contribution >= 4 is 14.6 Å². The van der Waals surface area contributed by atoms with Crippen LogP contribution >= 0.6 is 0 Å². The van der Waals surface area contributed by atoms with Crippen molar-refractivity contribution in [1.29, 1.82) is 0 Å². The third kappa shape index (κ3) is 6.17. The Morgan fingerprint density at radius 3 is 2.25 bits per heavy atom. The number of hydrogen-bond donors (Lipinski definition) is 0. The molecule has 0 spiro atoms. The molecule has 0 N–H and O–H groups in total. The van der Waals surface area contributed by atoms with Crippen molar-refractivity contribution in [1.82, 2.24) is 0 Å². The van der Waals surface area contributed by atoms with Crippen LogP contribution in [0, 0.1) is 0 Å². The highest BCUT2D eigenvalue weighted by molar-refractivity contribution is 6.59. The number of carbonyl (C=O) groups is 1. The number of Topliss-reactive ketones (excluding diaryl/α,β-unsaturated/α-hetero) is 1. The zero-order valence-electron chi connectivity index (χ0n) is 10.7. The van der Waals surface area contributed by atoms with E-state index in [2.05, 4.69) is 6.58 Å². The van der Waals surface area contributed by atoms with E-state index < -0.39 is 8.80 Å². The molecule has 0 unspecified atom stereocenters. The Balaban J connectivity index is 3.61. The second-order valence-corrected chi connectivity index (χ2v) is 6.61. The number of unbranched alkanes of at least 4 members (excludes halogenated alkanes) is 1. The van der Waals surface area contributed by atoms with Crippen LogP contribution in [-0.2, 0) is 18.1 Å². The van der Waals surface area contributed by atoms with Crippen LogP contribution in [0.15, 0.2) is 12.2 Å². The molecule has 0 aromatic rings. The number of allylic oxidation sites excluding steroid dienone is 1. The molecule has 0 aromatic heterocycles. The second kappa shape index (κ2) is 7.73. The summed E-state index contributed by atoms with van der Waals surface area (Å²) in [5.41, 5.74) is 0.619. The van der Waals surface area contributed by atoms with E-state index in [0.717, 1.165) is 12.8 Å². The van der Waals surface area contributed by atoms with Gasteiger partial charge in [-0.2, -0.15) is 0 Å². The zero-order chi connectivity index (χ0) is 12.6. The normalized spacial score (nSPS) is 11.5. The van der Waals surface area contributed by atoms with E-state index in [0.29, 0.717) is 18.6 Å². The van der Waals surface area contributed by atoms with Gasteiger partial charge >= 0.3 is 8.80 Å². The Morgan fingerprint density at radius 1 is 1.25 bits per heavy atom. The van der Waals surface area contributed by atoms with E-state index in [4.69, 9.17) is 13.3 Å². The smallest absolute Gasteiger partial charge is 0.377 e. The molecule has 0 amide bonds. The Hall–Kier alpha value is -0.493. The summed E-state index contributed by atoms with van der Waals surface area (Å²) >= 11 is 0. The first-order chi connectivity index (χ1) is 7.45. The van der Waals surface area contributed by atoms with Gasteiger partial charge in [0.1, 0.15) is 0 Å². The lowest BCUT2D eigenvalue weighted by molar-refractivity contribution is -0.115. The van der Waals surface area contributed by atoms with Crippen molar-refractivity contribution in [3.05, 3.63) is 12.2 Å². The van der Waals surface area contributed by atoms with Gasteiger partial charge in [0.25, 0.3) is 0 Å². The lowest BCUT2D eigenvalue weighted by atomic mass is 10.1. The van der Waals surface area contributed by atoms with Crippen LogP contribution in [0.25, 0.3) is 0 Å². The summed E-state index contributed by atoms with van der Waals surface area (Å²) in [4.78, 5) is 11.2. The molecule has 0 atom stereocenters. The molecule has 0 aliphatic rings. The van der Waals surface area contributed by atoms with Crippen molar-refractivity contribution in [2.45, 2.75) is 32.7 Å². The summed E-state index contributed by atoms with van der Waals surface area (Å²) in [5.74, 6) is 0.124. The molecule has 4 nitrogen and oxygen atoms in total. The van der Waals surface area contributed by atoms with Crippen LogP contribution in [0.4, 0.5) is 0 Å². The molecule has 5 heteroatoms. The number of carbonyl (C=O) groups excluding carboxylic acids is 1. The van der Waals surface area contributed by atoms with Gasteiger partial charge in [-0.1, -0.05) is 6.58 Å². The monoisotopic (exact) mass is 246 g/mol. The van der Waals surface area contributed by atoms with Crippen LogP contribution in [0.5, 0.6) is 0 Å². The first-order valence-corrected chi connectivity index (χ1v) is 7.60. The highest BCUT2D eigenvalue weighted by atomic mass is 28.4. The fourth-order valence-corrected chi connectivity index (χ4v) is 1.98. The maximum Gasteiger partial charge on any atom is 0.497 e. The van der Waals surface area contributed by atoms with Gasteiger partial charge in [0, 0.05) is 33.8 Å². The average Bonchev–Trinajstić information content (AvgIpc) is 2.27. The number of rotatable bonds is 9. The zero-order valence-corrected chi connectivity index (χ0v) is 11.7. The van der Waals surface area contributed by atoms with E-state index in [1.807, 2.05) is 6.55 Å². The molecular weight excluding hydrogens is 224 g/mol. The van der Waals surface area contributed by atoms with Crippen LogP contribution < -0.4 is 0 Å². The Labute approximate surface area is 99.0 Å². The Kier molecular flexibility index (Phi) is 7.49. The molecule has 0 fully saturated rings. The molecule has 0 aliphatic carbocycles. The largest absolute Gasteiger partial charge is 0.497 e. The molecule has 0 aliphatic heterocycles. The topological polar surface area (TPSA) is 44.8 Å². The molecule has 94 valence electrons. The van der Waals surface area contributed by atoms with Gasteiger partial charge in [0.2, 0.25) is 0 Å². The maximum absolute atomic E-state index is 11.2. The summed E-state index contributed by atoms with van der Waals surface area (Å²) in [6.07, 6.45) is 2.18. The van der Waals surface area contributed by atoms with Crippen LogP contribution in [0.3, 0.4) is 0 Å². The molecule has 0 heterocycles. The van der Waals surface area contributed by atoms with Crippen molar-refractivity contribution in [3.8, 4) is 0 Å². The fourth-order valence-electron chi connectivity index (χ4n) is 1.06. The summed E-state index contributed by atoms with van der Waals surface area (Å²) < 4.78 is 15.9. The van der Waals surface area contributed by atoms with Gasteiger partial charge in [-0.15, -0.1) is 0 Å². The van der Waals surface area contributed by atoms with Crippen LogP contribution in [0.1, 0.15) is 26.2 Å². The van der Waals surface area contributed by atoms with Crippen molar-refractivity contribution in [2.75, 3.05) is 20.8 Å². The molecular formula is C11H22O4Si. The van der Waals surface area contributed by atoms with Crippen molar-refractivity contribution in [3.63, 3.8) is 0 Å². The fraction of sp³-hybridized carbons (Fsp3) is 0.727. The van der Waals surface area contributed by atoms with Gasteiger partial charge in [-0.3, -0.25) is 4.79 Å². The first-order valence-electron chi connectivity index (χ1n) is 5.38. The second-order valence-electron chi connectivity index (χ2n) is 3.78. The van der Waals surface area contributed by atoms with Gasteiger partial charge in [0.15, 0.2) is 5.78 Å². The van der Waals surface area contributed by atoms with E-state index in [1.165, 1.54) is 0 Å². The SMILES string of the molecule is C=C(C)C(=O)CCCCO[Si](C)(OC)OC. The molecule has 0 radical (unpaired) electrons. The minimum Gasteiger partial charge on any atom is -0.377 e. The van der Waals surface area contributed by atoms with Gasteiger partial charge in [-0.25, -0.2) is 0 Å². The van der Waals surface area contributed by atoms with E-state index in [9.17, 15) is 4.79 Å². The maximum atomic E-state index is 11.2. The lowest BCUT2D eigenvalue weighted by Crippen LogP contribution is -2.40. The van der Waals surface area contributed by atoms with Gasteiger partial charge < -0.3 is 13.3 Å². The van der Waals surface area contributed by atoms with Gasteiger partial charge in [-0.05, 0) is 25.3 Å². The highest BCUT2D eigenvalue weighted by Crippen LogP contribution is 2.08. The summed E-state index contributed by atoms with van der Waals surface area (Å²) in [5, 5.41) is 0. The van der Waals surface area contributed by atoms with Crippen molar-refractivity contribution in [2.24, 2.45) is 0 Å². The Bertz CT molecular complexity index is 236. The Morgan fingerprint density at radius 2 is 1.81 bits per heavy atom. The first kappa shape index (κ1) is 15.5. The van der Waals surface area contributed by atoms with E-state index in [-0.39, 0.29) is 5.78 Å². The molecule has 0 aromatic carbocycles. The lowest BCUT2D eigenvalue weighted by Gasteiger charge is -2.21.